The SMILES string of the molecule is CCNCC(=O)Nc1ccccc1-n1ccnc1. The van der Waals surface area contributed by atoms with Gasteiger partial charge in [0.25, 0.3) is 0 Å². The zero-order valence-corrected chi connectivity index (χ0v) is 10.3. The minimum Gasteiger partial charge on any atom is -0.323 e. The Balaban J connectivity index is 2.16. The number of amides is 1. The summed E-state index contributed by atoms with van der Waals surface area (Å²) in [6.45, 7) is 3.05. The van der Waals surface area contributed by atoms with E-state index in [1.807, 2.05) is 42.0 Å². The Bertz CT molecular complexity index is 507. The fourth-order valence-corrected chi connectivity index (χ4v) is 1.64. The highest BCUT2D eigenvalue weighted by Gasteiger charge is 2.06. The van der Waals surface area contributed by atoms with Crippen LogP contribution in [0.4, 0.5) is 5.69 Å². The summed E-state index contributed by atoms with van der Waals surface area (Å²) in [7, 11) is 0. The van der Waals surface area contributed by atoms with Gasteiger partial charge in [0.15, 0.2) is 0 Å². The highest BCUT2D eigenvalue weighted by molar-refractivity contribution is 5.94. The van der Waals surface area contributed by atoms with Crippen LogP contribution in [-0.2, 0) is 4.79 Å². The Kier molecular flexibility index (Phi) is 4.09. The maximum atomic E-state index is 11.7. The molecular formula is C13H16N4O. The van der Waals surface area contributed by atoms with Crippen LogP contribution in [0.5, 0.6) is 0 Å². The standard InChI is InChI=1S/C13H16N4O/c1-2-14-9-13(18)16-11-5-3-4-6-12(11)17-8-7-15-10-17/h3-8,10,14H,2,9H2,1H3,(H,16,18). The Morgan fingerprint density at radius 2 is 2.22 bits per heavy atom. The predicted molar refractivity (Wildman–Crippen MR) is 70.7 cm³/mol. The van der Waals surface area contributed by atoms with Gasteiger partial charge in [0.05, 0.1) is 24.2 Å². The number of anilines is 1. The number of imidazole rings is 1. The molecule has 0 unspecified atom stereocenters. The van der Waals surface area contributed by atoms with Crippen LogP contribution in [0.1, 0.15) is 6.92 Å². The fraction of sp³-hybridized carbons (Fsp3) is 0.231. The van der Waals surface area contributed by atoms with E-state index in [-0.39, 0.29) is 5.91 Å². The molecule has 0 saturated heterocycles. The number of aromatic nitrogens is 2. The minimum atomic E-state index is -0.0515. The van der Waals surface area contributed by atoms with E-state index in [2.05, 4.69) is 15.6 Å². The molecule has 0 bridgehead atoms. The molecule has 1 aromatic carbocycles. The fourth-order valence-electron chi connectivity index (χ4n) is 1.64. The van der Waals surface area contributed by atoms with Gasteiger partial charge < -0.3 is 15.2 Å². The molecule has 1 amide bonds. The number of carbonyl (C=O) groups is 1. The highest BCUT2D eigenvalue weighted by Crippen LogP contribution is 2.19. The summed E-state index contributed by atoms with van der Waals surface area (Å²) in [5.41, 5.74) is 1.68. The van der Waals surface area contributed by atoms with E-state index in [0.717, 1.165) is 17.9 Å². The van der Waals surface area contributed by atoms with Crippen LogP contribution in [0.15, 0.2) is 43.0 Å². The lowest BCUT2D eigenvalue weighted by Crippen LogP contribution is -2.28. The second kappa shape index (κ2) is 5.97. The molecule has 0 saturated carbocycles. The van der Waals surface area contributed by atoms with Gasteiger partial charge in [-0.2, -0.15) is 0 Å². The Morgan fingerprint density at radius 3 is 2.94 bits per heavy atom. The average molecular weight is 244 g/mol. The summed E-state index contributed by atoms with van der Waals surface area (Å²) in [6, 6.07) is 7.63. The Hall–Kier alpha value is -2.14. The number of rotatable bonds is 5. The average Bonchev–Trinajstić information content (AvgIpc) is 2.91. The first-order valence-corrected chi connectivity index (χ1v) is 5.89. The van der Waals surface area contributed by atoms with Gasteiger partial charge in [-0.3, -0.25) is 4.79 Å². The first-order valence-electron chi connectivity index (χ1n) is 5.89. The molecule has 0 aliphatic heterocycles. The highest BCUT2D eigenvalue weighted by atomic mass is 16.1. The number of nitrogens with one attached hydrogen (secondary N) is 2. The predicted octanol–water partition coefficient (Wildman–Crippen LogP) is 1.42. The molecule has 1 aromatic heterocycles. The van der Waals surface area contributed by atoms with Gasteiger partial charge in [0.2, 0.25) is 5.91 Å². The lowest BCUT2D eigenvalue weighted by Gasteiger charge is -2.11. The molecule has 0 aliphatic rings. The Labute approximate surface area is 106 Å². The summed E-state index contributed by atoms with van der Waals surface area (Å²) < 4.78 is 1.86. The van der Waals surface area contributed by atoms with Crippen LogP contribution in [0.2, 0.25) is 0 Å². The van der Waals surface area contributed by atoms with Crippen molar-refractivity contribution in [1.29, 1.82) is 0 Å². The molecule has 94 valence electrons. The molecule has 0 spiro atoms. The van der Waals surface area contributed by atoms with Gasteiger partial charge in [-0.05, 0) is 18.7 Å². The van der Waals surface area contributed by atoms with Crippen molar-refractivity contribution in [3.63, 3.8) is 0 Å². The summed E-state index contributed by atoms with van der Waals surface area (Å²) in [5, 5.41) is 5.87. The molecule has 2 rings (SSSR count). The van der Waals surface area contributed by atoms with Crippen molar-refractivity contribution < 1.29 is 4.79 Å². The molecule has 0 radical (unpaired) electrons. The minimum absolute atomic E-state index is 0.0515. The quantitative estimate of drug-likeness (QED) is 0.836. The van der Waals surface area contributed by atoms with E-state index in [1.165, 1.54) is 0 Å². The second-order valence-electron chi connectivity index (χ2n) is 3.82. The van der Waals surface area contributed by atoms with E-state index < -0.39 is 0 Å². The van der Waals surface area contributed by atoms with E-state index in [1.54, 1.807) is 12.5 Å². The molecule has 18 heavy (non-hydrogen) atoms. The first-order chi connectivity index (χ1) is 8.81. The third-order valence-electron chi connectivity index (χ3n) is 2.50. The number of hydrogen-bond donors (Lipinski definition) is 2. The van der Waals surface area contributed by atoms with Crippen LogP contribution in [-0.4, -0.2) is 28.5 Å². The zero-order valence-electron chi connectivity index (χ0n) is 10.3. The number of likely N-dealkylation sites (N-methyl/N-ethyl adjacent to an activating group) is 1. The Morgan fingerprint density at radius 1 is 1.39 bits per heavy atom. The van der Waals surface area contributed by atoms with Crippen LogP contribution >= 0.6 is 0 Å². The van der Waals surface area contributed by atoms with Gasteiger partial charge >= 0.3 is 0 Å². The van der Waals surface area contributed by atoms with Gasteiger partial charge in [-0.1, -0.05) is 19.1 Å². The van der Waals surface area contributed by atoms with E-state index in [9.17, 15) is 4.79 Å². The summed E-state index contributed by atoms with van der Waals surface area (Å²) in [6.07, 6.45) is 5.25. The monoisotopic (exact) mass is 244 g/mol. The van der Waals surface area contributed by atoms with Gasteiger partial charge in [-0.15, -0.1) is 0 Å². The van der Waals surface area contributed by atoms with E-state index in [4.69, 9.17) is 0 Å². The molecule has 5 nitrogen and oxygen atoms in total. The maximum absolute atomic E-state index is 11.7. The number of hydrogen-bond acceptors (Lipinski definition) is 3. The second-order valence-corrected chi connectivity index (χ2v) is 3.82. The molecule has 2 N–H and O–H groups in total. The third-order valence-corrected chi connectivity index (χ3v) is 2.50. The van der Waals surface area contributed by atoms with Crippen LogP contribution in [0.25, 0.3) is 5.69 Å². The maximum Gasteiger partial charge on any atom is 0.238 e. The summed E-state index contributed by atoms with van der Waals surface area (Å²) in [5.74, 6) is -0.0515. The normalized spacial score (nSPS) is 10.3. The topological polar surface area (TPSA) is 59.0 Å². The smallest absolute Gasteiger partial charge is 0.238 e. The molecule has 2 aromatic rings. The number of nitrogens with zero attached hydrogens (tertiary/aromatic N) is 2. The molecule has 0 aliphatic carbocycles. The van der Waals surface area contributed by atoms with Crippen molar-refractivity contribution in [2.24, 2.45) is 0 Å². The van der Waals surface area contributed by atoms with Crippen LogP contribution in [0.3, 0.4) is 0 Å². The summed E-state index contributed by atoms with van der Waals surface area (Å²) in [4.78, 5) is 15.7. The zero-order chi connectivity index (χ0) is 12.8. The molecule has 5 heteroatoms. The van der Waals surface area contributed by atoms with Gasteiger partial charge in [0, 0.05) is 12.4 Å². The third kappa shape index (κ3) is 2.95. The van der Waals surface area contributed by atoms with Crippen molar-refractivity contribution >= 4 is 11.6 Å². The number of benzene rings is 1. The summed E-state index contributed by atoms with van der Waals surface area (Å²) >= 11 is 0. The first kappa shape index (κ1) is 12.3. The molecular weight excluding hydrogens is 228 g/mol. The van der Waals surface area contributed by atoms with E-state index >= 15 is 0 Å². The van der Waals surface area contributed by atoms with Crippen molar-refractivity contribution in [1.82, 2.24) is 14.9 Å². The van der Waals surface area contributed by atoms with Crippen LogP contribution in [0, 0.1) is 0 Å². The number of para-hydroxylation sites is 2. The number of carbonyl (C=O) groups excluding carboxylic acids is 1. The van der Waals surface area contributed by atoms with Crippen LogP contribution < -0.4 is 10.6 Å². The van der Waals surface area contributed by atoms with E-state index in [0.29, 0.717) is 6.54 Å². The lowest BCUT2D eigenvalue weighted by atomic mass is 10.2. The largest absolute Gasteiger partial charge is 0.323 e. The van der Waals surface area contributed by atoms with Gasteiger partial charge in [0.1, 0.15) is 0 Å². The van der Waals surface area contributed by atoms with Crippen molar-refractivity contribution in [3.05, 3.63) is 43.0 Å². The van der Waals surface area contributed by atoms with Gasteiger partial charge in [-0.25, -0.2) is 4.98 Å². The molecule has 1 heterocycles. The van der Waals surface area contributed by atoms with Crippen molar-refractivity contribution in [3.8, 4) is 5.69 Å². The molecule has 0 atom stereocenters. The van der Waals surface area contributed by atoms with Crippen molar-refractivity contribution in [2.75, 3.05) is 18.4 Å². The lowest BCUT2D eigenvalue weighted by molar-refractivity contribution is -0.115. The van der Waals surface area contributed by atoms with Crippen molar-refractivity contribution in [2.45, 2.75) is 6.92 Å². The molecule has 0 fully saturated rings.